The summed E-state index contributed by atoms with van der Waals surface area (Å²) < 4.78 is 2.01. The highest BCUT2D eigenvalue weighted by Crippen LogP contribution is 2.21. The molecule has 0 aromatic carbocycles. The molecule has 2 nitrogen and oxygen atoms in total. The van der Waals surface area contributed by atoms with Crippen LogP contribution in [0.25, 0.3) is 0 Å². The molecule has 0 spiro atoms. The van der Waals surface area contributed by atoms with Gasteiger partial charge in [0.05, 0.1) is 5.69 Å². The molecule has 0 aliphatic rings. The minimum absolute atomic E-state index is 0.415. The van der Waals surface area contributed by atoms with Gasteiger partial charge in [0, 0.05) is 6.20 Å². The maximum absolute atomic E-state index is 4.46. The van der Waals surface area contributed by atoms with Gasteiger partial charge in [-0.25, -0.2) is 0 Å². The van der Waals surface area contributed by atoms with E-state index in [1.54, 1.807) is 0 Å². The Morgan fingerprint density at radius 2 is 2.15 bits per heavy atom. The number of aromatic nitrogens is 2. The highest BCUT2D eigenvalue weighted by Gasteiger charge is 2.10. The first-order valence-corrected chi connectivity index (χ1v) is 6.18. The summed E-state index contributed by atoms with van der Waals surface area (Å²) in [7, 11) is 0.748. The van der Waals surface area contributed by atoms with Gasteiger partial charge in [-0.15, -0.1) is 0 Å². The van der Waals surface area contributed by atoms with Crippen LogP contribution in [0.2, 0.25) is 0 Å². The maximum Gasteiger partial charge on any atom is 0.0627 e. The third kappa shape index (κ3) is 3.91. The van der Waals surface area contributed by atoms with E-state index in [4.69, 9.17) is 0 Å². The first-order valence-electron chi connectivity index (χ1n) is 4.73. The second-order valence-corrected chi connectivity index (χ2v) is 5.44. The van der Waals surface area contributed by atoms with Crippen LogP contribution in [0.15, 0.2) is 12.3 Å². The zero-order valence-corrected chi connectivity index (χ0v) is 9.96. The molecule has 0 fully saturated rings. The van der Waals surface area contributed by atoms with Gasteiger partial charge in [-0.05, 0) is 39.7 Å². The monoisotopic (exact) mass is 198 g/mol. The molecule has 0 N–H and O–H groups in total. The average molecular weight is 198 g/mol. The molecule has 0 radical (unpaired) electrons. The van der Waals surface area contributed by atoms with Crippen molar-refractivity contribution in [1.82, 2.24) is 9.55 Å². The lowest BCUT2D eigenvalue weighted by molar-refractivity contribution is 0.376. The summed E-state index contributed by atoms with van der Waals surface area (Å²) in [4.78, 5) is 0. The SMILES string of the molecule is CPn1ccc(CCC(C)(C)C)n1. The Balaban J connectivity index is 2.46. The normalized spacial score (nSPS) is 12.9. The number of hydrogen-bond donors (Lipinski definition) is 0. The Morgan fingerprint density at radius 1 is 1.46 bits per heavy atom. The van der Waals surface area contributed by atoms with Gasteiger partial charge < -0.3 is 0 Å². The Bertz CT molecular complexity index is 260. The van der Waals surface area contributed by atoms with Crippen molar-refractivity contribution in [3.05, 3.63) is 18.0 Å². The number of hydrogen-bond acceptors (Lipinski definition) is 1. The van der Waals surface area contributed by atoms with Crippen molar-refractivity contribution in [1.29, 1.82) is 0 Å². The fourth-order valence-electron chi connectivity index (χ4n) is 1.12. The van der Waals surface area contributed by atoms with Crippen molar-refractivity contribution < 1.29 is 0 Å². The second-order valence-electron chi connectivity index (χ2n) is 4.54. The van der Waals surface area contributed by atoms with E-state index < -0.39 is 0 Å². The number of rotatable bonds is 3. The van der Waals surface area contributed by atoms with Crippen molar-refractivity contribution >= 4 is 8.73 Å². The second kappa shape index (κ2) is 4.23. The van der Waals surface area contributed by atoms with E-state index >= 15 is 0 Å². The topological polar surface area (TPSA) is 17.8 Å². The molecule has 1 atom stereocenters. The number of nitrogens with zero attached hydrogens (tertiary/aromatic N) is 2. The van der Waals surface area contributed by atoms with Crippen LogP contribution in [-0.2, 0) is 6.42 Å². The van der Waals surface area contributed by atoms with Gasteiger partial charge in [-0.1, -0.05) is 20.8 Å². The molecule has 1 rings (SSSR count). The summed E-state index contributed by atoms with van der Waals surface area (Å²) in [5, 5.41) is 4.46. The van der Waals surface area contributed by atoms with Crippen LogP contribution in [0.3, 0.4) is 0 Å². The van der Waals surface area contributed by atoms with Crippen LogP contribution < -0.4 is 0 Å². The summed E-state index contributed by atoms with van der Waals surface area (Å²) in [5.41, 5.74) is 1.64. The van der Waals surface area contributed by atoms with Gasteiger partial charge in [0.25, 0.3) is 0 Å². The molecule has 0 amide bonds. The van der Waals surface area contributed by atoms with Gasteiger partial charge >= 0.3 is 0 Å². The highest BCUT2D eigenvalue weighted by atomic mass is 31.1. The van der Waals surface area contributed by atoms with Crippen LogP contribution in [0.1, 0.15) is 32.9 Å². The smallest absolute Gasteiger partial charge is 0.0627 e. The summed E-state index contributed by atoms with van der Waals surface area (Å²) in [6, 6.07) is 2.13. The summed E-state index contributed by atoms with van der Waals surface area (Å²) in [6.07, 6.45) is 4.37. The summed E-state index contributed by atoms with van der Waals surface area (Å²) in [6.45, 7) is 8.95. The molecule has 74 valence electrons. The van der Waals surface area contributed by atoms with E-state index in [0.717, 1.165) is 15.2 Å². The molecule has 1 heterocycles. The first-order chi connectivity index (χ1) is 6.01. The first kappa shape index (κ1) is 10.7. The predicted molar refractivity (Wildman–Crippen MR) is 59.6 cm³/mol. The molecule has 0 aliphatic carbocycles. The van der Waals surface area contributed by atoms with Crippen LogP contribution in [0.4, 0.5) is 0 Å². The maximum atomic E-state index is 4.46. The summed E-state index contributed by atoms with van der Waals surface area (Å²) >= 11 is 0. The Morgan fingerprint density at radius 3 is 2.62 bits per heavy atom. The largest absolute Gasteiger partial charge is 0.255 e. The molecule has 0 saturated heterocycles. The van der Waals surface area contributed by atoms with E-state index in [2.05, 4.69) is 44.8 Å². The van der Waals surface area contributed by atoms with Gasteiger partial charge in [-0.2, -0.15) is 5.10 Å². The van der Waals surface area contributed by atoms with E-state index in [1.807, 2.05) is 4.45 Å². The van der Waals surface area contributed by atoms with Crippen molar-refractivity contribution in [3.8, 4) is 0 Å². The zero-order valence-electron chi connectivity index (χ0n) is 8.96. The molecule has 0 bridgehead atoms. The Labute approximate surface area is 82.6 Å². The van der Waals surface area contributed by atoms with Crippen LogP contribution in [-0.4, -0.2) is 16.2 Å². The minimum Gasteiger partial charge on any atom is -0.255 e. The lowest BCUT2D eigenvalue weighted by Gasteiger charge is -2.16. The predicted octanol–water partition coefficient (Wildman–Crippen LogP) is 2.93. The van der Waals surface area contributed by atoms with E-state index in [9.17, 15) is 0 Å². The Hall–Kier alpha value is -0.360. The molecule has 1 aromatic rings. The molecular formula is C10H19N2P. The van der Waals surface area contributed by atoms with Gasteiger partial charge in [0.15, 0.2) is 0 Å². The fraction of sp³-hybridized carbons (Fsp3) is 0.700. The van der Waals surface area contributed by atoms with Crippen LogP contribution in [0.5, 0.6) is 0 Å². The van der Waals surface area contributed by atoms with Crippen LogP contribution in [0, 0.1) is 5.41 Å². The molecule has 13 heavy (non-hydrogen) atoms. The third-order valence-electron chi connectivity index (χ3n) is 2.00. The minimum atomic E-state index is 0.415. The average Bonchev–Trinajstić information content (AvgIpc) is 2.47. The van der Waals surface area contributed by atoms with Crippen molar-refractivity contribution in [2.75, 3.05) is 6.66 Å². The standard InChI is InChI=1S/C10H19N2P/c1-10(2,3)7-5-9-6-8-12(11-9)13-4/h6,8,13H,5,7H2,1-4H3. The fourth-order valence-corrected chi connectivity index (χ4v) is 1.57. The van der Waals surface area contributed by atoms with Crippen molar-refractivity contribution in [2.45, 2.75) is 33.6 Å². The van der Waals surface area contributed by atoms with E-state index in [0.29, 0.717) is 5.41 Å². The lowest BCUT2D eigenvalue weighted by Crippen LogP contribution is -2.06. The molecule has 1 unspecified atom stereocenters. The molecule has 0 saturated carbocycles. The van der Waals surface area contributed by atoms with Gasteiger partial charge in [0.1, 0.15) is 0 Å². The van der Waals surface area contributed by atoms with E-state index in [-0.39, 0.29) is 0 Å². The van der Waals surface area contributed by atoms with Crippen LogP contribution >= 0.6 is 8.73 Å². The Kier molecular flexibility index (Phi) is 3.49. The van der Waals surface area contributed by atoms with Crippen molar-refractivity contribution in [2.24, 2.45) is 5.41 Å². The van der Waals surface area contributed by atoms with E-state index in [1.165, 1.54) is 12.1 Å². The molecular weight excluding hydrogens is 179 g/mol. The van der Waals surface area contributed by atoms with Crippen molar-refractivity contribution in [3.63, 3.8) is 0 Å². The highest BCUT2D eigenvalue weighted by molar-refractivity contribution is 7.35. The summed E-state index contributed by atoms with van der Waals surface area (Å²) in [5.74, 6) is 0. The molecule has 1 aromatic heterocycles. The zero-order chi connectivity index (χ0) is 9.90. The lowest BCUT2D eigenvalue weighted by atomic mass is 9.90. The molecule has 3 heteroatoms. The van der Waals surface area contributed by atoms with Gasteiger partial charge in [0.2, 0.25) is 0 Å². The third-order valence-corrected chi connectivity index (χ3v) is 2.71. The quantitative estimate of drug-likeness (QED) is 0.683. The number of aryl methyl sites for hydroxylation is 1. The van der Waals surface area contributed by atoms with Gasteiger partial charge in [-0.3, -0.25) is 4.45 Å². The molecule has 0 aliphatic heterocycles.